The van der Waals surface area contributed by atoms with Gasteiger partial charge in [0.25, 0.3) is 0 Å². The number of rotatable bonds is 20. The Hall–Kier alpha value is -4.40. The van der Waals surface area contributed by atoms with Crippen molar-refractivity contribution in [3.63, 3.8) is 0 Å². The summed E-state index contributed by atoms with van der Waals surface area (Å²) < 4.78 is 10.9. The Labute approximate surface area is 273 Å². The molecule has 0 aliphatic heterocycles. The summed E-state index contributed by atoms with van der Waals surface area (Å²) in [7, 11) is 3.41. The van der Waals surface area contributed by atoms with Crippen molar-refractivity contribution in [2.24, 2.45) is 0 Å². The van der Waals surface area contributed by atoms with Crippen molar-refractivity contribution in [2.75, 3.05) is 51.0 Å². The molecule has 0 saturated heterocycles. The normalized spacial score (nSPS) is 11.2. The minimum Gasteiger partial charge on any atom is -0.497 e. The fourth-order valence-corrected chi connectivity index (χ4v) is 5.70. The Morgan fingerprint density at radius 1 is 0.522 bits per heavy atom. The highest BCUT2D eigenvalue weighted by molar-refractivity contribution is 5.92. The molecule has 2 aromatic heterocycles. The molecule has 242 valence electrons. The molecule has 0 saturated carbocycles. The van der Waals surface area contributed by atoms with Crippen molar-refractivity contribution < 1.29 is 9.47 Å². The molecule has 2 heterocycles. The standard InChI is InChI=1S/C38H48N6O2/c1-45-33-23-31-14-10-20-43-37(31)35(25-33)41-18-7-3-5-16-39-27-29-12-9-13-30(22-29)28-40-17-6-4-8-19-42-36-26-34(46-2)24-32-15-11-21-44-38(32)36/h9-15,20-26,39-42H,3-8,16-19,27-28H2,1-2H3. The first-order valence-electron chi connectivity index (χ1n) is 16.6. The number of aromatic nitrogens is 2. The highest BCUT2D eigenvalue weighted by atomic mass is 16.5. The van der Waals surface area contributed by atoms with Gasteiger partial charge in [-0.3, -0.25) is 9.97 Å². The van der Waals surface area contributed by atoms with Crippen molar-refractivity contribution in [1.29, 1.82) is 0 Å². The highest BCUT2D eigenvalue weighted by Gasteiger charge is 2.07. The Morgan fingerprint density at radius 3 is 1.48 bits per heavy atom. The molecule has 46 heavy (non-hydrogen) atoms. The van der Waals surface area contributed by atoms with Crippen LogP contribution in [0.25, 0.3) is 21.8 Å². The largest absolute Gasteiger partial charge is 0.497 e. The second kappa shape index (κ2) is 17.9. The van der Waals surface area contributed by atoms with E-state index in [0.29, 0.717) is 0 Å². The van der Waals surface area contributed by atoms with Crippen LogP contribution in [0.4, 0.5) is 11.4 Å². The number of hydrogen-bond acceptors (Lipinski definition) is 8. The van der Waals surface area contributed by atoms with Crippen LogP contribution >= 0.6 is 0 Å². The van der Waals surface area contributed by atoms with Gasteiger partial charge < -0.3 is 30.7 Å². The summed E-state index contributed by atoms with van der Waals surface area (Å²) in [5.74, 6) is 1.70. The number of ether oxygens (including phenoxy) is 2. The second-order valence-corrected chi connectivity index (χ2v) is 11.6. The third-order valence-corrected chi connectivity index (χ3v) is 8.17. The van der Waals surface area contributed by atoms with E-state index in [1.807, 2.05) is 48.8 Å². The van der Waals surface area contributed by atoms with E-state index < -0.39 is 0 Å². The summed E-state index contributed by atoms with van der Waals surface area (Å²) in [5.41, 5.74) is 6.72. The lowest BCUT2D eigenvalue weighted by atomic mass is 10.1. The van der Waals surface area contributed by atoms with Crippen LogP contribution in [-0.2, 0) is 13.1 Å². The van der Waals surface area contributed by atoms with E-state index in [0.717, 1.165) is 110 Å². The number of methoxy groups -OCH3 is 2. The molecule has 3 aromatic carbocycles. The van der Waals surface area contributed by atoms with E-state index in [1.54, 1.807) is 14.2 Å². The first kappa shape index (κ1) is 33.0. The fourth-order valence-electron chi connectivity index (χ4n) is 5.70. The minimum atomic E-state index is 0.851. The Bertz CT molecular complexity index is 1540. The number of unbranched alkanes of at least 4 members (excludes halogenated alkanes) is 4. The lowest BCUT2D eigenvalue weighted by Crippen LogP contribution is -2.17. The summed E-state index contributed by atoms with van der Waals surface area (Å²) in [4.78, 5) is 9.09. The van der Waals surface area contributed by atoms with E-state index in [1.165, 1.54) is 24.0 Å². The molecule has 0 radical (unpaired) electrons. The smallest absolute Gasteiger partial charge is 0.121 e. The molecule has 0 aliphatic carbocycles. The Morgan fingerprint density at radius 2 is 1.00 bits per heavy atom. The predicted octanol–water partition coefficient (Wildman–Crippen LogP) is 7.54. The second-order valence-electron chi connectivity index (χ2n) is 11.6. The maximum absolute atomic E-state index is 5.46. The molecule has 8 heteroatoms. The van der Waals surface area contributed by atoms with Crippen LogP contribution in [0.15, 0.2) is 85.2 Å². The van der Waals surface area contributed by atoms with Gasteiger partial charge in [-0.15, -0.1) is 0 Å². The predicted molar refractivity (Wildman–Crippen MR) is 191 cm³/mol. The van der Waals surface area contributed by atoms with Crippen LogP contribution in [-0.4, -0.2) is 50.4 Å². The molecule has 8 nitrogen and oxygen atoms in total. The molecule has 0 spiro atoms. The lowest BCUT2D eigenvalue weighted by molar-refractivity contribution is 0.415. The highest BCUT2D eigenvalue weighted by Crippen LogP contribution is 2.28. The summed E-state index contributed by atoms with van der Waals surface area (Å²) in [6.07, 6.45) is 10.6. The van der Waals surface area contributed by atoms with Crippen LogP contribution in [0, 0.1) is 0 Å². The van der Waals surface area contributed by atoms with E-state index >= 15 is 0 Å². The van der Waals surface area contributed by atoms with Gasteiger partial charge in [0.2, 0.25) is 0 Å². The molecule has 0 fully saturated rings. The summed E-state index contributed by atoms with van der Waals surface area (Å²) >= 11 is 0. The first-order chi connectivity index (χ1) is 22.7. The SMILES string of the molecule is COc1cc(NCCCCCNCc2cccc(CNCCCCCNc3cc(OC)cc4cccnc34)c2)c2ncccc2c1. The average Bonchev–Trinajstić information content (AvgIpc) is 3.10. The zero-order valence-corrected chi connectivity index (χ0v) is 27.3. The van der Waals surface area contributed by atoms with Crippen LogP contribution in [0.5, 0.6) is 11.5 Å². The number of nitrogens with one attached hydrogen (secondary N) is 4. The van der Waals surface area contributed by atoms with Gasteiger partial charge >= 0.3 is 0 Å². The van der Waals surface area contributed by atoms with Crippen molar-refractivity contribution in [3.8, 4) is 11.5 Å². The molecule has 0 amide bonds. The van der Waals surface area contributed by atoms with Crippen LogP contribution in [0.2, 0.25) is 0 Å². The van der Waals surface area contributed by atoms with Gasteiger partial charge in [0.1, 0.15) is 11.5 Å². The average molecular weight is 621 g/mol. The maximum atomic E-state index is 5.46. The third kappa shape index (κ3) is 9.80. The number of nitrogens with zero attached hydrogens (tertiary/aromatic N) is 2. The van der Waals surface area contributed by atoms with Gasteiger partial charge in [-0.2, -0.15) is 0 Å². The minimum absolute atomic E-state index is 0.851. The maximum Gasteiger partial charge on any atom is 0.121 e. The molecule has 0 aliphatic rings. The molecule has 0 atom stereocenters. The van der Waals surface area contributed by atoms with Gasteiger partial charge in [0.05, 0.1) is 36.6 Å². The zero-order chi connectivity index (χ0) is 31.8. The third-order valence-electron chi connectivity index (χ3n) is 8.17. The van der Waals surface area contributed by atoms with E-state index in [-0.39, 0.29) is 0 Å². The topological polar surface area (TPSA) is 92.4 Å². The van der Waals surface area contributed by atoms with Crippen molar-refractivity contribution in [1.82, 2.24) is 20.6 Å². The van der Waals surface area contributed by atoms with Gasteiger partial charge in [0, 0.05) is 61.5 Å². The van der Waals surface area contributed by atoms with Gasteiger partial charge in [0.15, 0.2) is 0 Å². The van der Waals surface area contributed by atoms with E-state index in [4.69, 9.17) is 9.47 Å². The van der Waals surface area contributed by atoms with Gasteiger partial charge in [-0.05, 0) is 74.2 Å². The fraction of sp³-hybridized carbons (Fsp3) is 0.368. The molecular formula is C38H48N6O2. The number of benzene rings is 3. The van der Waals surface area contributed by atoms with E-state index in [9.17, 15) is 0 Å². The van der Waals surface area contributed by atoms with Crippen molar-refractivity contribution >= 4 is 33.2 Å². The molecule has 4 N–H and O–H groups in total. The monoisotopic (exact) mass is 620 g/mol. The Balaban J connectivity index is 0.906. The van der Waals surface area contributed by atoms with Crippen LogP contribution in [0.3, 0.4) is 0 Å². The van der Waals surface area contributed by atoms with Crippen LogP contribution in [0.1, 0.15) is 49.7 Å². The van der Waals surface area contributed by atoms with Gasteiger partial charge in [-0.25, -0.2) is 0 Å². The number of pyridine rings is 2. The zero-order valence-electron chi connectivity index (χ0n) is 27.3. The molecule has 5 rings (SSSR count). The van der Waals surface area contributed by atoms with E-state index in [2.05, 4.69) is 67.6 Å². The quantitative estimate of drug-likeness (QED) is 0.0664. The molecular weight excluding hydrogens is 572 g/mol. The summed E-state index contributed by atoms with van der Waals surface area (Å²) in [6.45, 7) is 5.68. The van der Waals surface area contributed by atoms with Crippen molar-refractivity contribution in [3.05, 3.63) is 96.3 Å². The molecule has 0 unspecified atom stereocenters. The Kier molecular flexibility index (Phi) is 12.8. The number of hydrogen-bond donors (Lipinski definition) is 4. The van der Waals surface area contributed by atoms with Crippen molar-refractivity contribution in [2.45, 2.75) is 51.6 Å². The number of anilines is 2. The first-order valence-corrected chi connectivity index (χ1v) is 16.6. The number of fused-ring (bicyclic) bond motifs is 2. The summed E-state index contributed by atoms with van der Waals surface area (Å²) in [5, 5.41) is 16.5. The molecule has 5 aromatic rings. The summed E-state index contributed by atoms with van der Waals surface area (Å²) in [6, 6.07) is 25.1. The van der Waals surface area contributed by atoms with Crippen LogP contribution < -0.4 is 30.7 Å². The lowest BCUT2D eigenvalue weighted by Gasteiger charge is -2.12. The van der Waals surface area contributed by atoms with Gasteiger partial charge in [-0.1, -0.05) is 49.2 Å². The molecule has 0 bridgehead atoms.